The highest BCUT2D eigenvalue weighted by molar-refractivity contribution is 5.85. The molecule has 1 aromatic heterocycles. The molecular weight excluding hydrogens is 416 g/mol. The van der Waals surface area contributed by atoms with E-state index in [0.29, 0.717) is 0 Å². The third-order valence-corrected chi connectivity index (χ3v) is 6.57. The number of fused-ring (bicyclic) bond motifs is 3. The zero-order chi connectivity index (χ0) is 21.1. The predicted octanol–water partition coefficient (Wildman–Crippen LogP) is 6.50. The Balaban J connectivity index is 0.00000245. The smallest absolute Gasteiger partial charge is 0.134 e. The first-order valence-corrected chi connectivity index (χ1v) is 11.0. The van der Waals surface area contributed by atoms with Gasteiger partial charge in [0.1, 0.15) is 16.8 Å². The molecule has 4 heteroatoms. The summed E-state index contributed by atoms with van der Waals surface area (Å²) in [6.45, 7) is 2.90. The first kappa shape index (κ1) is 22.1. The third kappa shape index (κ3) is 4.05. The summed E-state index contributed by atoms with van der Waals surface area (Å²) in [6, 6.07) is 31.5. The lowest BCUT2D eigenvalue weighted by molar-refractivity contribution is 0.235. The minimum Gasteiger partial charge on any atom is -0.461 e. The van der Waals surface area contributed by atoms with Gasteiger partial charge in [0.2, 0.25) is 0 Å². The Morgan fingerprint density at radius 3 is 2.16 bits per heavy atom. The molecule has 162 valence electrons. The molecule has 0 saturated heterocycles. The van der Waals surface area contributed by atoms with Crippen LogP contribution in [0.5, 0.6) is 0 Å². The number of rotatable bonds is 6. The molecule has 0 bridgehead atoms. The van der Waals surface area contributed by atoms with Gasteiger partial charge in [0.25, 0.3) is 0 Å². The van der Waals surface area contributed by atoms with E-state index in [1.54, 1.807) is 0 Å². The van der Waals surface area contributed by atoms with Crippen LogP contribution in [-0.2, 0) is 18.4 Å². The Labute approximate surface area is 195 Å². The number of hydrogen-bond donors (Lipinski definition) is 0. The summed E-state index contributed by atoms with van der Waals surface area (Å²) < 4.78 is 6.06. The molecule has 2 heterocycles. The van der Waals surface area contributed by atoms with E-state index in [9.17, 15) is 5.26 Å². The molecule has 0 fully saturated rings. The molecule has 0 amide bonds. The number of benzene rings is 3. The van der Waals surface area contributed by atoms with E-state index in [1.165, 1.54) is 10.9 Å². The van der Waals surface area contributed by atoms with Gasteiger partial charge in [0.05, 0.1) is 6.07 Å². The highest BCUT2D eigenvalue weighted by Gasteiger charge is 2.34. The summed E-state index contributed by atoms with van der Waals surface area (Å²) in [5.74, 6) is 1.14. The normalized spacial score (nSPS) is 13.8. The Morgan fingerprint density at radius 2 is 1.50 bits per heavy atom. The molecule has 0 spiro atoms. The van der Waals surface area contributed by atoms with Gasteiger partial charge >= 0.3 is 0 Å². The summed E-state index contributed by atoms with van der Waals surface area (Å²) in [5, 5.41) is 11.6. The van der Waals surface area contributed by atoms with Crippen molar-refractivity contribution < 1.29 is 4.42 Å². The van der Waals surface area contributed by atoms with E-state index >= 15 is 0 Å². The lowest BCUT2D eigenvalue weighted by atomic mass is 9.72. The molecule has 32 heavy (non-hydrogen) atoms. The quantitative estimate of drug-likeness (QED) is 0.342. The monoisotopic (exact) mass is 442 g/mol. The van der Waals surface area contributed by atoms with E-state index in [-0.39, 0.29) is 12.4 Å². The second-order valence-corrected chi connectivity index (χ2v) is 8.38. The van der Waals surface area contributed by atoms with Gasteiger partial charge in [0.15, 0.2) is 0 Å². The van der Waals surface area contributed by atoms with Crippen molar-refractivity contribution in [1.82, 2.24) is 4.90 Å². The largest absolute Gasteiger partial charge is 0.461 e. The Morgan fingerprint density at radius 1 is 0.875 bits per heavy atom. The molecular formula is C28H27ClN2O. The summed E-state index contributed by atoms with van der Waals surface area (Å²) in [6.07, 6.45) is 2.71. The summed E-state index contributed by atoms with van der Waals surface area (Å²) in [7, 11) is 0. The van der Waals surface area contributed by atoms with Gasteiger partial charge < -0.3 is 4.42 Å². The second kappa shape index (κ2) is 9.61. The minimum atomic E-state index is -0.619. The van der Waals surface area contributed by atoms with Crippen LogP contribution in [0.4, 0.5) is 0 Å². The van der Waals surface area contributed by atoms with Crippen molar-refractivity contribution in [1.29, 1.82) is 5.26 Å². The van der Waals surface area contributed by atoms with Crippen LogP contribution in [0.3, 0.4) is 0 Å². The van der Waals surface area contributed by atoms with Crippen LogP contribution in [-0.4, -0.2) is 18.0 Å². The van der Waals surface area contributed by atoms with E-state index in [2.05, 4.69) is 53.4 Å². The van der Waals surface area contributed by atoms with Crippen LogP contribution in [0.2, 0.25) is 0 Å². The number of nitrogens with zero attached hydrogens (tertiary/aromatic N) is 2. The Kier molecular flexibility index (Phi) is 6.65. The van der Waals surface area contributed by atoms with Gasteiger partial charge in [-0.3, -0.25) is 4.90 Å². The molecule has 0 saturated carbocycles. The van der Waals surface area contributed by atoms with Crippen LogP contribution in [0.25, 0.3) is 11.0 Å². The number of nitriles is 1. The maximum Gasteiger partial charge on any atom is 0.134 e. The zero-order valence-corrected chi connectivity index (χ0v) is 18.9. The van der Waals surface area contributed by atoms with Crippen molar-refractivity contribution in [2.45, 2.75) is 31.2 Å². The fourth-order valence-electron chi connectivity index (χ4n) is 4.93. The van der Waals surface area contributed by atoms with Gasteiger partial charge in [-0.25, -0.2) is 0 Å². The number of hydrogen-bond acceptors (Lipinski definition) is 3. The third-order valence-electron chi connectivity index (χ3n) is 6.57. The van der Waals surface area contributed by atoms with Crippen LogP contribution in [0.1, 0.15) is 35.3 Å². The van der Waals surface area contributed by atoms with Crippen LogP contribution in [0, 0.1) is 11.3 Å². The molecule has 0 N–H and O–H groups in total. The number of halogens is 1. The fraction of sp³-hybridized carbons (Fsp3) is 0.250. The van der Waals surface area contributed by atoms with Crippen molar-refractivity contribution in [2.24, 2.45) is 0 Å². The van der Waals surface area contributed by atoms with E-state index in [1.807, 2.05) is 42.5 Å². The van der Waals surface area contributed by atoms with Crippen LogP contribution >= 0.6 is 12.4 Å². The average molecular weight is 443 g/mol. The van der Waals surface area contributed by atoms with E-state index in [4.69, 9.17) is 4.42 Å². The second-order valence-electron chi connectivity index (χ2n) is 8.38. The van der Waals surface area contributed by atoms with Gasteiger partial charge in [-0.05, 0) is 36.6 Å². The minimum absolute atomic E-state index is 0. The maximum absolute atomic E-state index is 10.4. The maximum atomic E-state index is 10.4. The summed E-state index contributed by atoms with van der Waals surface area (Å²) >= 11 is 0. The Bertz CT molecular complexity index is 1170. The summed E-state index contributed by atoms with van der Waals surface area (Å²) in [5.41, 5.74) is 3.85. The molecule has 0 aliphatic carbocycles. The van der Waals surface area contributed by atoms with Crippen molar-refractivity contribution >= 4 is 23.4 Å². The van der Waals surface area contributed by atoms with Gasteiger partial charge in [0, 0.05) is 30.5 Å². The molecule has 3 aromatic carbocycles. The highest BCUT2D eigenvalue weighted by Crippen LogP contribution is 2.37. The lowest BCUT2D eigenvalue weighted by Crippen LogP contribution is -2.33. The topological polar surface area (TPSA) is 40.2 Å². The summed E-state index contributed by atoms with van der Waals surface area (Å²) in [4.78, 5) is 2.50. The molecule has 5 rings (SSSR count). The molecule has 0 radical (unpaired) electrons. The molecule has 1 aliphatic heterocycles. The fourth-order valence-corrected chi connectivity index (χ4v) is 4.93. The molecule has 3 nitrogen and oxygen atoms in total. The van der Waals surface area contributed by atoms with E-state index < -0.39 is 5.41 Å². The van der Waals surface area contributed by atoms with Crippen molar-refractivity contribution in [3.8, 4) is 6.07 Å². The lowest BCUT2D eigenvalue weighted by Gasteiger charge is -2.30. The van der Waals surface area contributed by atoms with E-state index in [0.717, 1.165) is 61.4 Å². The average Bonchev–Trinajstić information content (AvgIpc) is 3.21. The predicted molar refractivity (Wildman–Crippen MR) is 131 cm³/mol. The van der Waals surface area contributed by atoms with Gasteiger partial charge in [-0.1, -0.05) is 78.9 Å². The Hall–Kier alpha value is -3.06. The van der Waals surface area contributed by atoms with Crippen LogP contribution in [0.15, 0.2) is 89.3 Å². The molecule has 1 aliphatic rings. The SMILES string of the molecule is Cl.N#CC(CCCN1CCc2oc3ccccc3c2C1)(c1ccccc1)c1ccccc1. The first-order chi connectivity index (χ1) is 15.3. The zero-order valence-electron chi connectivity index (χ0n) is 18.0. The molecule has 0 atom stereocenters. The van der Waals surface area contributed by atoms with Crippen molar-refractivity contribution in [3.63, 3.8) is 0 Å². The highest BCUT2D eigenvalue weighted by atomic mass is 35.5. The molecule has 4 aromatic rings. The first-order valence-electron chi connectivity index (χ1n) is 11.0. The standard InChI is InChI=1S/C28H26N2O.ClH/c29-21-28(22-10-3-1-4-11-22,23-12-5-2-6-13-23)17-9-18-30-19-16-27-25(20-30)24-14-7-8-15-26(24)31-27;/h1-8,10-15H,9,16-20H2;1H. The van der Waals surface area contributed by atoms with Crippen LogP contribution < -0.4 is 0 Å². The van der Waals surface area contributed by atoms with Gasteiger partial charge in [-0.2, -0.15) is 5.26 Å². The van der Waals surface area contributed by atoms with Crippen molar-refractivity contribution in [2.75, 3.05) is 13.1 Å². The number of para-hydroxylation sites is 1. The number of furan rings is 1. The van der Waals surface area contributed by atoms with Gasteiger partial charge in [-0.15, -0.1) is 12.4 Å². The molecule has 0 unspecified atom stereocenters. The van der Waals surface area contributed by atoms with Crippen molar-refractivity contribution in [3.05, 3.63) is 107 Å².